The first kappa shape index (κ1) is 17.9. The summed E-state index contributed by atoms with van der Waals surface area (Å²) < 4.78 is 5.29. The van der Waals surface area contributed by atoms with E-state index in [0.717, 1.165) is 43.8 Å². The average molecular weight is 341 g/mol. The second-order valence-corrected chi connectivity index (χ2v) is 6.59. The molecule has 1 aromatic carbocycles. The quantitative estimate of drug-likeness (QED) is 0.810. The molecule has 1 fully saturated rings. The van der Waals surface area contributed by atoms with Crippen molar-refractivity contribution in [1.82, 2.24) is 15.2 Å². The number of rotatable bonds is 7. The molecule has 1 aromatic heterocycles. The van der Waals surface area contributed by atoms with E-state index in [0.29, 0.717) is 6.04 Å². The highest BCUT2D eigenvalue weighted by molar-refractivity contribution is 5.30. The summed E-state index contributed by atoms with van der Waals surface area (Å²) in [6.45, 7) is 3.16. The average Bonchev–Trinajstić information content (AvgIpc) is 2.68. The summed E-state index contributed by atoms with van der Waals surface area (Å²) in [5.74, 6) is 0.823. The zero-order valence-electron chi connectivity index (χ0n) is 14.8. The minimum atomic E-state index is -0.0510. The first-order valence-electron chi connectivity index (χ1n) is 8.90. The second kappa shape index (κ2) is 8.94. The van der Waals surface area contributed by atoms with Crippen LogP contribution in [0.25, 0.3) is 0 Å². The Labute approximate surface area is 149 Å². The van der Waals surface area contributed by atoms with Crippen LogP contribution in [-0.2, 0) is 6.54 Å². The minimum absolute atomic E-state index is 0.0510. The number of hydrogen-bond acceptors (Lipinski definition) is 5. The molecule has 3 rings (SSSR count). The summed E-state index contributed by atoms with van der Waals surface area (Å²) in [5, 5.41) is 13.4. The largest absolute Gasteiger partial charge is 0.497 e. The molecular formula is C20H27N3O2. The van der Waals surface area contributed by atoms with Crippen molar-refractivity contribution in [3.63, 3.8) is 0 Å². The van der Waals surface area contributed by atoms with Crippen molar-refractivity contribution in [1.29, 1.82) is 0 Å². The van der Waals surface area contributed by atoms with Crippen LogP contribution < -0.4 is 10.1 Å². The highest BCUT2D eigenvalue weighted by atomic mass is 16.5. The molecule has 0 aliphatic carbocycles. The van der Waals surface area contributed by atoms with E-state index in [1.807, 2.05) is 42.7 Å². The Hall–Kier alpha value is -1.95. The van der Waals surface area contributed by atoms with E-state index in [2.05, 4.69) is 21.3 Å². The molecule has 1 unspecified atom stereocenters. The maximum absolute atomic E-state index is 9.80. The van der Waals surface area contributed by atoms with E-state index in [1.54, 1.807) is 7.11 Å². The van der Waals surface area contributed by atoms with Gasteiger partial charge in [0, 0.05) is 25.0 Å². The molecule has 0 spiro atoms. The molecule has 5 heteroatoms. The van der Waals surface area contributed by atoms with Crippen molar-refractivity contribution >= 4 is 0 Å². The minimum Gasteiger partial charge on any atom is -0.497 e. The number of pyridine rings is 1. The van der Waals surface area contributed by atoms with Crippen LogP contribution in [0.3, 0.4) is 0 Å². The molecule has 2 N–H and O–H groups in total. The first-order chi connectivity index (χ1) is 12.3. The van der Waals surface area contributed by atoms with Crippen LogP contribution in [0.5, 0.6) is 5.75 Å². The van der Waals surface area contributed by atoms with Gasteiger partial charge < -0.3 is 15.2 Å². The molecule has 1 atom stereocenters. The Morgan fingerprint density at radius 3 is 2.80 bits per heavy atom. The lowest BCUT2D eigenvalue weighted by Crippen LogP contribution is -2.44. The molecule has 1 aliphatic rings. The fourth-order valence-electron chi connectivity index (χ4n) is 3.40. The van der Waals surface area contributed by atoms with E-state index < -0.39 is 0 Å². The summed E-state index contributed by atoms with van der Waals surface area (Å²) in [7, 11) is 1.67. The van der Waals surface area contributed by atoms with Crippen LogP contribution in [0.2, 0.25) is 0 Å². The first-order valence-corrected chi connectivity index (χ1v) is 8.90. The van der Waals surface area contributed by atoms with Crippen molar-refractivity contribution in [3.05, 3.63) is 59.9 Å². The maximum atomic E-state index is 9.80. The van der Waals surface area contributed by atoms with E-state index in [4.69, 9.17) is 4.74 Å². The van der Waals surface area contributed by atoms with Gasteiger partial charge in [0.2, 0.25) is 0 Å². The number of nitrogens with zero attached hydrogens (tertiary/aromatic N) is 2. The van der Waals surface area contributed by atoms with Gasteiger partial charge in [-0.3, -0.25) is 9.88 Å². The van der Waals surface area contributed by atoms with Gasteiger partial charge in [-0.25, -0.2) is 0 Å². The molecule has 134 valence electrons. The predicted octanol–water partition coefficient (Wildman–Crippen LogP) is 2.38. The number of likely N-dealkylation sites (tertiary alicyclic amines) is 1. The Morgan fingerprint density at radius 2 is 2.12 bits per heavy atom. The topological polar surface area (TPSA) is 57.6 Å². The van der Waals surface area contributed by atoms with Crippen molar-refractivity contribution in [3.8, 4) is 5.75 Å². The Kier molecular flexibility index (Phi) is 6.39. The number of benzene rings is 1. The Bertz CT molecular complexity index is 642. The molecule has 0 radical (unpaired) electrons. The van der Waals surface area contributed by atoms with Gasteiger partial charge in [0.1, 0.15) is 5.75 Å². The zero-order valence-corrected chi connectivity index (χ0v) is 14.8. The van der Waals surface area contributed by atoms with Crippen molar-refractivity contribution < 1.29 is 9.84 Å². The summed E-state index contributed by atoms with van der Waals surface area (Å²) in [4.78, 5) is 6.65. The number of aliphatic hydroxyl groups excluding tert-OH is 1. The number of aliphatic hydroxyl groups is 1. The molecule has 1 saturated heterocycles. The van der Waals surface area contributed by atoms with E-state index in [-0.39, 0.29) is 12.6 Å². The van der Waals surface area contributed by atoms with Crippen molar-refractivity contribution in [2.75, 3.05) is 26.8 Å². The summed E-state index contributed by atoms with van der Waals surface area (Å²) in [5.41, 5.74) is 2.33. The van der Waals surface area contributed by atoms with Gasteiger partial charge in [0.25, 0.3) is 0 Å². The van der Waals surface area contributed by atoms with Crippen LogP contribution in [-0.4, -0.2) is 47.8 Å². The smallest absolute Gasteiger partial charge is 0.119 e. The molecule has 0 amide bonds. The molecule has 0 bridgehead atoms. The normalized spacial score (nSPS) is 17.4. The number of methoxy groups -OCH3 is 1. The number of ether oxygens (including phenoxy) is 1. The van der Waals surface area contributed by atoms with Gasteiger partial charge in [-0.2, -0.15) is 0 Å². The van der Waals surface area contributed by atoms with Crippen LogP contribution in [0, 0.1) is 0 Å². The third kappa shape index (κ3) is 5.01. The van der Waals surface area contributed by atoms with E-state index in [1.165, 1.54) is 5.56 Å². The zero-order chi connectivity index (χ0) is 17.5. The fraction of sp³-hybridized carbons (Fsp3) is 0.450. The second-order valence-electron chi connectivity index (χ2n) is 6.59. The SMILES string of the molecule is COc1cccc(C(CO)NC2CCN(Cc3cccnc3)CC2)c1. The lowest BCUT2D eigenvalue weighted by atomic mass is 10.0. The van der Waals surface area contributed by atoms with Crippen LogP contribution in [0.1, 0.15) is 30.0 Å². The Balaban J connectivity index is 1.52. The van der Waals surface area contributed by atoms with Crippen molar-refractivity contribution in [2.24, 2.45) is 0 Å². The van der Waals surface area contributed by atoms with Crippen LogP contribution in [0.15, 0.2) is 48.8 Å². The van der Waals surface area contributed by atoms with Crippen LogP contribution >= 0.6 is 0 Å². The molecule has 1 aliphatic heterocycles. The van der Waals surface area contributed by atoms with Gasteiger partial charge in [0.05, 0.1) is 19.8 Å². The van der Waals surface area contributed by atoms with Crippen LogP contribution in [0.4, 0.5) is 0 Å². The highest BCUT2D eigenvalue weighted by Crippen LogP contribution is 2.22. The third-order valence-corrected chi connectivity index (χ3v) is 4.83. The molecule has 2 heterocycles. The maximum Gasteiger partial charge on any atom is 0.119 e. The van der Waals surface area contributed by atoms with Gasteiger partial charge in [-0.15, -0.1) is 0 Å². The third-order valence-electron chi connectivity index (χ3n) is 4.83. The number of aromatic nitrogens is 1. The van der Waals surface area contributed by atoms with Crippen molar-refractivity contribution in [2.45, 2.75) is 31.5 Å². The lowest BCUT2D eigenvalue weighted by molar-refractivity contribution is 0.167. The van der Waals surface area contributed by atoms with Gasteiger partial charge >= 0.3 is 0 Å². The lowest BCUT2D eigenvalue weighted by Gasteiger charge is -2.34. The molecule has 2 aromatic rings. The molecular weight excluding hydrogens is 314 g/mol. The summed E-state index contributed by atoms with van der Waals surface area (Å²) in [6.07, 6.45) is 5.92. The van der Waals surface area contributed by atoms with Gasteiger partial charge in [0.15, 0.2) is 0 Å². The number of hydrogen-bond donors (Lipinski definition) is 2. The molecule has 5 nitrogen and oxygen atoms in total. The predicted molar refractivity (Wildman–Crippen MR) is 98.5 cm³/mol. The Morgan fingerprint density at radius 1 is 1.28 bits per heavy atom. The fourth-order valence-corrected chi connectivity index (χ4v) is 3.40. The van der Waals surface area contributed by atoms with Gasteiger partial charge in [-0.05, 0) is 55.3 Å². The standard InChI is InChI=1S/C20H27N3O2/c1-25-19-6-2-5-17(12-19)20(15-24)22-18-7-10-23(11-8-18)14-16-4-3-9-21-13-16/h2-6,9,12-13,18,20,22,24H,7-8,10-11,14-15H2,1H3. The monoisotopic (exact) mass is 341 g/mol. The number of nitrogens with one attached hydrogen (secondary N) is 1. The van der Waals surface area contributed by atoms with E-state index >= 15 is 0 Å². The summed E-state index contributed by atoms with van der Waals surface area (Å²) >= 11 is 0. The summed E-state index contributed by atoms with van der Waals surface area (Å²) in [6, 6.07) is 12.4. The van der Waals surface area contributed by atoms with E-state index in [9.17, 15) is 5.11 Å². The highest BCUT2D eigenvalue weighted by Gasteiger charge is 2.22. The number of piperidine rings is 1. The molecule has 25 heavy (non-hydrogen) atoms. The van der Waals surface area contributed by atoms with Gasteiger partial charge in [-0.1, -0.05) is 18.2 Å². The molecule has 0 saturated carbocycles.